The summed E-state index contributed by atoms with van der Waals surface area (Å²) in [5.41, 5.74) is 0.904. The maximum absolute atomic E-state index is 12.9. The molecule has 1 aromatic carbocycles. The molecular formula is C22H24ClNO2S2. The molecule has 2 aromatic rings. The normalized spacial score (nSPS) is 17.0. The van der Waals surface area contributed by atoms with Gasteiger partial charge in [-0.15, -0.1) is 0 Å². The number of amides is 1. The predicted octanol–water partition coefficient (Wildman–Crippen LogP) is 7.02. The molecule has 0 bridgehead atoms. The number of rotatable bonds is 8. The van der Waals surface area contributed by atoms with E-state index in [2.05, 4.69) is 13.8 Å². The maximum Gasteiger partial charge on any atom is 0.266 e. The Balaban J connectivity index is 1.73. The van der Waals surface area contributed by atoms with Crippen LogP contribution in [0, 0.1) is 5.92 Å². The van der Waals surface area contributed by atoms with Crippen molar-refractivity contribution in [3.05, 3.63) is 52.1 Å². The molecule has 0 saturated carbocycles. The monoisotopic (exact) mass is 433 g/mol. The lowest BCUT2D eigenvalue weighted by Gasteiger charge is -2.21. The first-order chi connectivity index (χ1) is 13.5. The molecule has 1 fully saturated rings. The molecule has 1 amide bonds. The van der Waals surface area contributed by atoms with Gasteiger partial charge in [-0.25, -0.2) is 0 Å². The molecule has 6 heteroatoms. The zero-order chi connectivity index (χ0) is 20.1. The second kappa shape index (κ2) is 9.77. The van der Waals surface area contributed by atoms with Gasteiger partial charge in [0.2, 0.25) is 0 Å². The Morgan fingerprint density at radius 2 is 2.11 bits per heavy atom. The third kappa shape index (κ3) is 5.07. The summed E-state index contributed by atoms with van der Waals surface area (Å²) >= 11 is 12.9. The standard InChI is InChI=1S/C22H24ClNO2S2/c1-3-5-7-15(4-2)14-24-21(25)20(28-22(24)27)13-18-10-11-19(26-18)16-8-6-9-17(23)12-16/h6,8-13,15H,3-5,7,14H2,1-2H3/b20-13+/t15-/m0/s1. The van der Waals surface area contributed by atoms with Gasteiger partial charge in [0.15, 0.2) is 0 Å². The van der Waals surface area contributed by atoms with Crippen LogP contribution in [0.1, 0.15) is 45.3 Å². The molecule has 0 radical (unpaired) electrons. The third-order valence-electron chi connectivity index (χ3n) is 4.87. The molecule has 3 nitrogen and oxygen atoms in total. The summed E-state index contributed by atoms with van der Waals surface area (Å²) in [5.74, 6) is 1.81. The second-order valence-corrected chi connectivity index (χ2v) is 9.03. The van der Waals surface area contributed by atoms with Crippen LogP contribution in [0.15, 0.2) is 45.7 Å². The highest BCUT2D eigenvalue weighted by Gasteiger charge is 2.33. The molecule has 2 heterocycles. The molecular weight excluding hydrogens is 410 g/mol. The van der Waals surface area contributed by atoms with Crippen LogP contribution in [0.4, 0.5) is 0 Å². The number of hydrogen-bond donors (Lipinski definition) is 0. The van der Waals surface area contributed by atoms with Crippen molar-refractivity contribution in [2.24, 2.45) is 5.92 Å². The lowest BCUT2D eigenvalue weighted by molar-refractivity contribution is -0.122. The van der Waals surface area contributed by atoms with Crippen LogP contribution in [0.3, 0.4) is 0 Å². The van der Waals surface area contributed by atoms with Gasteiger partial charge in [0.05, 0.1) is 4.91 Å². The zero-order valence-electron chi connectivity index (χ0n) is 16.1. The molecule has 0 aliphatic carbocycles. The number of hydrogen-bond acceptors (Lipinski definition) is 4. The van der Waals surface area contributed by atoms with Crippen LogP contribution < -0.4 is 0 Å². The highest BCUT2D eigenvalue weighted by Crippen LogP contribution is 2.35. The fourth-order valence-electron chi connectivity index (χ4n) is 3.19. The summed E-state index contributed by atoms with van der Waals surface area (Å²) in [6, 6.07) is 11.2. The number of halogens is 1. The summed E-state index contributed by atoms with van der Waals surface area (Å²) in [5, 5.41) is 0.657. The number of benzene rings is 1. The minimum Gasteiger partial charge on any atom is -0.457 e. The number of thiocarbonyl (C=S) groups is 1. The van der Waals surface area contributed by atoms with Crippen molar-refractivity contribution in [3.8, 4) is 11.3 Å². The van der Waals surface area contributed by atoms with E-state index in [0.717, 1.165) is 24.2 Å². The fraction of sp³-hybridized carbons (Fsp3) is 0.364. The van der Waals surface area contributed by atoms with Crippen LogP contribution in [-0.4, -0.2) is 21.7 Å². The average Bonchev–Trinajstić information content (AvgIpc) is 3.25. The smallest absolute Gasteiger partial charge is 0.266 e. The molecule has 0 unspecified atom stereocenters. The SMILES string of the molecule is CCCC[C@H](CC)CN1C(=O)/C(=C\c2ccc(-c3cccc(Cl)c3)o2)SC1=S. The van der Waals surface area contributed by atoms with E-state index in [1.54, 1.807) is 11.0 Å². The third-order valence-corrected chi connectivity index (χ3v) is 6.48. The highest BCUT2D eigenvalue weighted by molar-refractivity contribution is 8.26. The van der Waals surface area contributed by atoms with Crippen LogP contribution in [-0.2, 0) is 4.79 Å². The molecule has 1 aromatic heterocycles. The number of thioether (sulfide) groups is 1. The van der Waals surface area contributed by atoms with Crippen molar-refractivity contribution in [2.45, 2.75) is 39.5 Å². The quantitative estimate of drug-likeness (QED) is 0.331. The molecule has 1 atom stereocenters. The van der Waals surface area contributed by atoms with Crippen LogP contribution >= 0.6 is 35.6 Å². The van der Waals surface area contributed by atoms with Crippen molar-refractivity contribution < 1.29 is 9.21 Å². The summed E-state index contributed by atoms with van der Waals surface area (Å²) in [7, 11) is 0. The second-order valence-electron chi connectivity index (χ2n) is 6.92. The van der Waals surface area contributed by atoms with Gasteiger partial charge in [0.1, 0.15) is 15.8 Å². The molecule has 1 saturated heterocycles. The van der Waals surface area contributed by atoms with Gasteiger partial charge in [-0.1, -0.05) is 80.8 Å². The van der Waals surface area contributed by atoms with Crippen LogP contribution in [0.2, 0.25) is 5.02 Å². The fourth-order valence-corrected chi connectivity index (χ4v) is 4.63. The van der Waals surface area contributed by atoms with Crippen molar-refractivity contribution in [1.82, 2.24) is 4.90 Å². The Hall–Kier alpha value is -1.56. The topological polar surface area (TPSA) is 33.5 Å². The average molecular weight is 434 g/mol. The van der Waals surface area contributed by atoms with Gasteiger partial charge in [-0.3, -0.25) is 9.69 Å². The van der Waals surface area contributed by atoms with E-state index in [1.807, 2.05) is 36.4 Å². The van der Waals surface area contributed by atoms with Crippen molar-refractivity contribution >= 4 is 51.9 Å². The Morgan fingerprint density at radius 1 is 1.29 bits per heavy atom. The van der Waals surface area contributed by atoms with E-state index in [4.69, 9.17) is 28.2 Å². The number of unbranched alkanes of at least 4 members (excludes halogenated alkanes) is 1. The van der Waals surface area contributed by atoms with Crippen molar-refractivity contribution in [3.63, 3.8) is 0 Å². The van der Waals surface area contributed by atoms with E-state index in [1.165, 1.54) is 24.6 Å². The number of nitrogens with zero attached hydrogens (tertiary/aromatic N) is 1. The molecule has 0 N–H and O–H groups in total. The first kappa shape index (κ1) is 21.2. The number of carbonyl (C=O) groups is 1. The van der Waals surface area contributed by atoms with E-state index in [9.17, 15) is 4.79 Å². The predicted molar refractivity (Wildman–Crippen MR) is 122 cm³/mol. The molecule has 1 aliphatic rings. The van der Waals surface area contributed by atoms with E-state index in [0.29, 0.717) is 32.5 Å². The largest absolute Gasteiger partial charge is 0.457 e. The first-order valence-corrected chi connectivity index (χ1v) is 11.2. The summed E-state index contributed by atoms with van der Waals surface area (Å²) in [4.78, 5) is 15.2. The summed E-state index contributed by atoms with van der Waals surface area (Å²) < 4.78 is 6.53. The van der Waals surface area contributed by atoms with Crippen molar-refractivity contribution in [1.29, 1.82) is 0 Å². The van der Waals surface area contributed by atoms with Gasteiger partial charge in [-0.2, -0.15) is 0 Å². The Kier molecular flexibility index (Phi) is 7.38. The minimum atomic E-state index is -0.0225. The van der Waals surface area contributed by atoms with Gasteiger partial charge < -0.3 is 4.42 Å². The van der Waals surface area contributed by atoms with Crippen LogP contribution in [0.25, 0.3) is 17.4 Å². The number of furan rings is 1. The lowest BCUT2D eigenvalue weighted by Crippen LogP contribution is -2.33. The van der Waals surface area contributed by atoms with E-state index in [-0.39, 0.29) is 5.91 Å². The van der Waals surface area contributed by atoms with Gasteiger partial charge >= 0.3 is 0 Å². The van der Waals surface area contributed by atoms with E-state index >= 15 is 0 Å². The highest BCUT2D eigenvalue weighted by atomic mass is 35.5. The molecule has 148 valence electrons. The molecule has 1 aliphatic heterocycles. The minimum absolute atomic E-state index is 0.0225. The summed E-state index contributed by atoms with van der Waals surface area (Å²) in [6.07, 6.45) is 6.31. The van der Waals surface area contributed by atoms with E-state index < -0.39 is 0 Å². The molecule has 0 spiro atoms. The Morgan fingerprint density at radius 3 is 2.82 bits per heavy atom. The summed E-state index contributed by atoms with van der Waals surface area (Å²) in [6.45, 7) is 5.06. The molecule has 3 rings (SSSR count). The zero-order valence-corrected chi connectivity index (χ0v) is 18.5. The Bertz CT molecular complexity index is 890. The van der Waals surface area contributed by atoms with Gasteiger partial charge in [0.25, 0.3) is 5.91 Å². The maximum atomic E-state index is 12.9. The van der Waals surface area contributed by atoms with Crippen molar-refractivity contribution in [2.75, 3.05) is 6.54 Å². The number of carbonyl (C=O) groups excluding carboxylic acids is 1. The Labute approximate surface area is 181 Å². The van der Waals surface area contributed by atoms with Gasteiger partial charge in [0, 0.05) is 23.2 Å². The van der Waals surface area contributed by atoms with Crippen LogP contribution in [0.5, 0.6) is 0 Å². The molecule has 28 heavy (non-hydrogen) atoms. The van der Waals surface area contributed by atoms with Gasteiger partial charge in [-0.05, 0) is 36.6 Å². The first-order valence-electron chi connectivity index (χ1n) is 9.63. The lowest BCUT2D eigenvalue weighted by atomic mass is 9.99.